The maximum atomic E-state index is 10.7. The molecule has 1 saturated carbocycles. The first-order chi connectivity index (χ1) is 11.5. The third-order valence-corrected chi connectivity index (χ3v) is 6.04. The van der Waals surface area contributed by atoms with Crippen LogP contribution in [0.5, 0.6) is 0 Å². The molecule has 0 radical (unpaired) electrons. The second-order valence-corrected chi connectivity index (χ2v) is 7.81. The summed E-state index contributed by atoms with van der Waals surface area (Å²) in [6, 6.07) is 6.54. The number of nitrogens with one attached hydrogen (secondary N) is 1. The fourth-order valence-electron chi connectivity index (χ4n) is 5.21. The van der Waals surface area contributed by atoms with E-state index in [0.29, 0.717) is 17.8 Å². The maximum Gasteiger partial charge on any atom is 0.154 e. The Morgan fingerprint density at radius 1 is 1.25 bits per heavy atom. The Hall–Kier alpha value is -1.81. The van der Waals surface area contributed by atoms with Crippen LogP contribution in [0.3, 0.4) is 0 Å². The predicted molar refractivity (Wildman–Crippen MR) is 96.0 cm³/mol. The van der Waals surface area contributed by atoms with E-state index < -0.39 is 6.23 Å². The van der Waals surface area contributed by atoms with Crippen molar-refractivity contribution in [2.45, 2.75) is 51.7 Å². The summed E-state index contributed by atoms with van der Waals surface area (Å²) < 4.78 is 1.75. The van der Waals surface area contributed by atoms with Crippen molar-refractivity contribution >= 4 is 5.69 Å². The molecule has 0 amide bonds. The van der Waals surface area contributed by atoms with Crippen LogP contribution >= 0.6 is 0 Å². The summed E-state index contributed by atoms with van der Waals surface area (Å²) in [5, 5.41) is 18.4. The van der Waals surface area contributed by atoms with E-state index in [-0.39, 0.29) is 0 Å². The zero-order valence-electron chi connectivity index (χ0n) is 15.0. The molecule has 1 heterocycles. The number of rotatable bonds is 4. The molecule has 24 heavy (non-hydrogen) atoms. The highest BCUT2D eigenvalue weighted by atomic mass is 16.3. The van der Waals surface area contributed by atoms with Crippen LogP contribution in [-0.2, 0) is 7.05 Å². The van der Waals surface area contributed by atoms with Crippen LogP contribution in [0, 0.1) is 18.8 Å². The van der Waals surface area contributed by atoms with Crippen molar-refractivity contribution in [3.63, 3.8) is 0 Å². The Bertz CT molecular complexity index is 764. The smallest absolute Gasteiger partial charge is 0.154 e. The number of fused-ring (bicyclic) bond motifs is 5. The average molecular weight is 325 g/mol. The number of hydrogen-bond acceptors (Lipinski definition) is 3. The fourth-order valence-corrected chi connectivity index (χ4v) is 5.21. The normalized spacial score (nSPS) is 26.0. The van der Waals surface area contributed by atoms with E-state index in [1.165, 1.54) is 24.0 Å². The lowest BCUT2D eigenvalue weighted by Gasteiger charge is -2.23. The van der Waals surface area contributed by atoms with Crippen LogP contribution < -0.4 is 5.32 Å². The molecule has 0 saturated heterocycles. The van der Waals surface area contributed by atoms with Crippen molar-refractivity contribution < 1.29 is 5.11 Å². The number of hydrogen-bond donors (Lipinski definition) is 2. The summed E-state index contributed by atoms with van der Waals surface area (Å²) >= 11 is 0. The lowest BCUT2D eigenvalue weighted by atomic mass is 9.85. The van der Waals surface area contributed by atoms with E-state index in [0.717, 1.165) is 22.9 Å². The van der Waals surface area contributed by atoms with Crippen LogP contribution in [-0.4, -0.2) is 14.9 Å². The minimum atomic E-state index is -0.721. The third-order valence-electron chi connectivity index (χ3n) is 6.04. The van der Waals surface area contributed by atoms with E-state index in [9.17, 15) is 5.11 Å². The molecule has 1 aromatic heterocycles. The highest BCUT2D eigenvalue weighted by molar-refractivity contribution is 5.62. The molecule has 4 rings (SSSR count). The van der Waals surface area contributed by atoms with E-state index in [2.05, 4.69) is 42.5 Å². The lowest BCUT2D eigenvalue weighted by molar-refractivity contribution is 0.207. The van der Waals surface area contributed by atoms with E-state index in [1.807, 2.05) is 20.2 Å². The Balaban J connectivity index is 1.67. The minimum absolute atomic E-state index is 0.635. The van der Waals surface area contributed by atoms with Gasteiger partial charge in [0.2, 0.25) is 0 Å². The summed E-state index contributed by atoms with van der Waals surface area (Å²) in [7, 11) is 1.88. The number of aliphatic hydroxyl groups is 1. The van der Waals surface area contributed by atoms with Gasteiger partial charge in [0, 0.05) is 24.5 Å². The standard InChI is InChI=1S/C20H27N3O/c1-11(2)18-14-8-9-15(18)19-13(14)6-5-7-17(19)21-20(24)16-10-23(4)22-12(16)3/h5-7,10-11,14-15,18,20-21,24H,8-9H2,1-4H3. The topological polar surface area (TPSA) is 50.1 Å². The zero-order chi connectivity index (χ0) is 17.0. The maximum absolute atomic E-state index is 10.7. The molecule has 128 valence electrons. The summed E-state index contributed by atoms with van der Waals surface area (Å²) in [6.45, 7) is 6.64. The van der Waals surface area contributed by atoms with Gasteiger partial charge in [0.15, 0.2) is 6.23 Å². The fraction of sp³-hybridized carbons (Fsp3) is 0.550. The van der Waals surface area contributed by atoms with Gasteiger partial charge in [-0.1, -0.05) is 26.0 Å². The molecular formula is C20H27N3O. The molecule has 4 heteroatoms. The van der Waals surface area contributed by atoms with Gasteiger partial charge in [-0.2, -0.15) is 5.10 Å². The summed E-state index contributed by atoms with van der Waals surface area (Å²) in [5.74, 6) is 2.79. The third kappa shape index (κ3) is 2.27. The van der Waals surface area contributed by atoms with Crippen LogP contribution in [0.25, 0.3) is 0 Å². The zero-order valence-corrected chi connectivity index (χ0v) is 15.0. The highest BCUT2D eigenvalue weighted by Crippen LogP contribution is 2.61. The molecule has 1 aromatic carbocycles. The van der Waals surface area contributed by atoms with Gasteiger partial charge in [-0.05, 0) is 60.6 Å². The van der Waals surface area contributed by atoms with E-state index in [1.54, 1.807) is 4.68 Å². The first-order valence-corrected chi connectivity index (χ1v) is 9.05. The average Bonchev–Trinajstić information content (AvgIpc) is 3.19. The van der Waals surface area contributed by atoms with Crippen LogP contribution in [0.15, 0.2) is 24.4 Å². The van der Waals surface area contributed by atoms with Gasteiger partial charge in [0.25, 0.3) is 0 Å². The van der Waals surface area contributed by atoms with Crippen molar-refractivity contribution in [2.75, 3.05) is 5.32 Å². The quantitative estimate of drug-likeness (QED) is 0.833. The number of benzene rings is 1. The van der Waals surface area contributed by atoms with Crippen LogP contribution in [0.1, 0.15) is 67.1 Å². The number of nitrogens with zero attached hydrogens (tertiary/aromatic N) is 2. The molecule has 1 fully saturated rings. The molecule has 2 N–H and O–H groups in total. The van der Waals surface area contributed by atoms with Crippen molar-refractivity contribution in [1.82, 2.24) is 9.78 Å². The molecule has 2 aliphatic carbocycles. The van der Waals surface area contributed by atoms with Crippen molar-refractivity contribution in [3.05, 3.63) is 46.8 Å². The van der Waals surface area contributed by atoms with Crippen LogP contribution in [0.4, 0.5) is 5.69 Å². The molecule has 2 aromatic rings. The molecular weight excluding hydrogens is 298 g/mol. The number of aryl methyl sites for hydroxylation is 2. The summed E-state index contributed by atoms with van der Waals surface area (Å²) in [5.41, 5.74) is 5.77. The van der Waals surface area contributed by atoms with E-state index in [4.69, 9.17) is 0 Å². The van der Waals surface area contributed by atoms with Crippen molar-refractivity contribution in [1.29, 1.82) is 0 Å². The van der Waals surface area contributed by atoms with Gasteiger partial charge in [-0.3, -0.25) is 4.68 Å². The highest BCUT2D eigenvalue weighted by Gasteiger charge is 2.47. The Kier molecular flexibility index (Phi) is 3.68. The summed E-state index contributed by atoms with van der Waals surface area (Å²) in [4.78, 5) is 0. The second-order valence-electron chi connectivity index (χ2n) is 7.81. The molecule has 2 bridgehead atoms. The lowest BCUT2D eigenvalue weighted by Crippen LogP contribution is -2.14. The minimum Gasteiger partial charge on any atom is -0.369 e. The molecule has 0 aliphatic heterocycles. The summed E-state index contributed by atoms with van der Waals surface area (Å²) in [6.07, 6.45) is 3.76. The van der Waals surface area contributed by atoms with Gasteiger partial charge in [0.1, 0.15) is 0 Å². The van der Waals surface area contributed by atoms with Gasteiger partial charge in [-0.15, -0.1) is 0 Å². The van der Waals surface area contributed by atoms with Crippen molar-refractivity contribution in [3.8, 4) is 0 Å². The van der Waals surface area contributed by atoms with Crippen LogP contribution in [0.2, 0.25) is 0 Å². The molecule has 4 nitrogen and oxygen atoms in total. The predicted octanol–water partition coefficient (Wildman–Crippen LogP) is 4.08. The number of aliphatic hydroxyl groups excluding tert-OH is 1. The molecule has 4 atom stereocenters. The van der Waals surface area contributed by atoms with Crippen molar-refractivity contribution in [2.24, 2.45) is 18.9 Å². The Morgan fingerprint density at radius 2 is 2.00 bits per heavy atom. The number of aromatic nitrogens is 2. The largest absolute Gasteiger partial charge is 0.369 e. The van der Waals surface area contributed by atoms with Gasteiger partial charge in [-0.25, -0.2) is 0 Å². The molecule has 4 unspecified atom stereocenters. The first-order valence-electron chi connectivity index (χ1n) is 9.05. The van der Waals surface area contributed by atoms with E-state index >= 15 is 0 Å². The van der Waals surface area contributed by atoms with Gasteiger partial charge < -0.3 is 10.4 Å². The monoisotopic (exact) mass is 325 g/mol. The first kappa shape index (κ1) is 15.7. The molecule has 0 spiro atoms. The Labute approximate surface area is 143 Å². The van der Waals surface area contributed by atoms with Gasteiger partial charge in [0.05, 0.1) is 5.69 Å². The van der Waals surface area contributed by atoms with Gasteiger partial charge >= 0.3 is 0 Å². The number of anilines is 1. The Morgan fingerprint density at radius 3 is 2.67 bits per heavy atom. The SMILES string of the molecule is Cc1nn(C)cc1C(O)Nc1cccc2c1C1CCC2C1C(C)C. The molecule has 2 aliphatic rings. The second kappa shape index (κ2) is 5.62.